The Morgan fingerprint density at radius 3 is 2.48 bits per heavy atom. The highest BCUT2D eigenvalue weighted by Crippen LogP contribution is 2.26. The summed E-state index contributed by atoms with van der Waals surface area (Å²) < 4.78 is 7.32. The van der Waals surface area contributed by atoms with Gasteiger partial charge in [-0.25, -0.2) is 4.68 Å². The zero-order valence-electron chi connectivity index (χ0n) is 18.6. The van der Waals surface area contributed by atoms with E-state index in [0.29, 0.717) is 22.4 Å². The Morgan fingerprint density at radius 1 is 1.10 bits per heavy atom. The molecule has 31 heavy (non-hydrogen) atoms. The van der Waals surface area contributed by atoms with Gasteiger partial charge in [0.1, 0.15) is 11.4 Å². The summed E-state index contributed by atoms with van der Waals surface area (Å²) in [5.74, 6) is 0.921. The Hall–Kier alpha value is -2.79. The number of hydrogen-bond acceptors (Lipinski definition) is 3. The number of nitrogens with one attached hydrogen (secondary N) is 1. The van der Waals surface area contributed by atoms with Gasteiger partial charge in [-0.1, -0.05) is 62.7 Å². The van der Waals surface area contributed by atoms with Gasteiger partial charge in [-0.2, -0.15) is 5.10 Å². The summed E-state index contributed by atoms with van der Waals surface area (Å²) in [6.07, 6.45) is 3.63. The maximum absolute atomic E-state index is 12.7. The molecule has 1 amide bonds. The number of aryl methyl sites for hydroxylation is 1. The van der Waals surface area contributed by atoms with Gasteiger partial charge in [-0.15, -0.1) is 0 Å². The minimum absolute atomic E-state index is 0.0639. The average molecular weight is 440 g/mol. The van der Waals surface area contributed by atoms with E-state index >= 15 is 0 Å². The monoisotopic (exact) mass is 439 g/mol. The molecule has 1 aromatic heterocycles. The fourth-order valence-electron chi connectivity index (χ4n) is 3.36. The molecular formula is C25H30ClN3O2. The van der Waals surface area contributed by atoms with Gasteiger partial charge in [0.15, 0.2) is 6.73 Å². The number of carbonyl (C=O) groups excluding carboxylic acids is 1. The van der Waals surface area contributed by atoms with E-state index in [4.69, 9.17) is 16.3 Å². The minimum atomic E-state index is -0.204. The third kappa shape index (κ3) is 5.88. The third-order valence-electron chi connectivity index (χ3n) is 5.55. The molecule has 0 aliphatic heterocycles. The van der Waals surface area contributed by atoms with Crippen LogP contribution in [0, 0.1) is 6.92 Å². The SMILES string of the molecule is CCC(C)c1ccc(C(CC)NC(=O)c2ccn(COc3cc(C)ccc3Cl)n2)cc1. The van der Waals surface area contributed by atoms with Crippen LogP contribution >= 0.6 is 11.6 Å². The highest BCUT2D eigenvalue weighted by Gasteiger charge is 2.17. The molecule has 0 aliphatic carbocycles. The van der Waals surface area contributed by atoms with Crippen LogP contribution in [-0.4, -0.2) is 15.7 Å². The molecule has 0 aliphatic rings. The van der Waals surface area contributed by atoms with Crippen molar-refractivity contribution in [2.75, 3.05) is 0 Å². The maximum atomic E-state index is 12.7. The Labute approximate surface area is 189 Å². The number of amides is 1. The van der Waals surface area contributed by atoms with E-state index in [9.17, 15) is 4.79 Å². The van der Waals surface area contributed by atoms with Crippen molar-refractivity contribution >= 4 is 17.5 Å². The van der Waals surface area contributed by atoms with Gasteiger partial charge in [-0.3, -0.25) is 4.79 Å². The highest BCUT2D eigenvalue weighted by atomic mass is 35.5. The first-order chi connectivity index (χ1) is 14.9. The number of rotatable bonds is 9. The van der Waals surface area contributed by atoms with Crippen molar-refractivity contribution in [1.29, 1.82) is 0 Å². The zero-order chi connectivity index (χ0) is 22.4. The molecule has 1 N–H and O–H groups in total. The quantitative estimate of drug-likeness (QED) is 0.427. The van der Waals surface area contributed by atoms with Gasteiger partial charge < -0.3 is 10.1 Å². The van der Waals surface area contributed by atoms with Gasteiger partial charge >= 0.3 is 0 Å². The van der Waals surface area contributed by atoms with E-state index in [1.165, 1.54) is 5.56 Å². The maximum Gasteiger partial charge on any atom is 0.272 e. The van der Waals surface area contributed by atoms with Gasteiger partial charge in [0, 0.05) is 6.20 Å². The number of aromatic nitrogens is 2. The van der Waals surface area contributed by atoms with Crippen molar-refractivity contribution in [3.63, 3.8) is 0 Å². The zero-order valence-corrected chi connectivity index (χ0v) is 19.3. The van der Waals surface area contributed by atoms with E-state index in [1.54, 1.807) is 23.0 Å². The summed E-state index contributed by atoms with van der Waals surface area (Å²) in [5, 5.41) is 7.97. The van der Waals surface area contributed by atoms with E-state index < -0.39 is 0 Å². The van der Waals surface area contributed by atoms with Gasteiger partial charge in [0.05, 0.1) is 11.1 Å². The van der Waals surface area contributed by atoms with Crippen LogP contribution in [0.2, 0.25) is 5.02 Å². The van der Waals surface area contributed by atoms with Crippen LogP contribution in [0.15, 0.2) is 54.7 Å². The first-order valence-electron chi connectivity index (χ1n) is 10.7. The van der Waals surface area contributed by atoms with Crippen LogP contribution in [0.5, 0.6) is 5.75 Å². The third-order valence-corrected chi connectivity index (χ3v) is 5.86. The molecule has 3 aromatic rings. The van der Waals surface area contributed by atoms with Crippen LogP contribution in [0.3, 0.4) is 0 Å². The summed E-state index contributed by atoms with van der Waals surface area (Å²) in [7, 11) is 0. The van der Waals surface area contributed by atoms with Crippen LogP contribution in [0.4, 0.5) is 0 Å². The molecule has 1 heterocycles. The van der Waals surface area contributed by atoms with Crippen molar-refractivity contribution in [2.45, 2.75) is 59.2 Å². The summed E-state index contributed by atoms with van der Waals surface area (Å²) >= 11 is 6.17. The lowest BCUT2D eigenvalue weighted by molar-refractivity contribution is 0.0928. The lowest BCUT2D eigenvalue weighted by atomic mass is 9.95. The molecule has 2 unspecified atom stereocenters. The highest BCUT2D eigenvalue weighted by molar-refractivity contribution is 6.32. The number of halogens is 1. The number of benzene rings is 2. The molecule has 2 aromatic carbocycles. The molecule has 164 valence electrons. The number of hydrogen-bond donors (Lipinski definition) is 1. The van der Waals surface area contributed by atoms with Crippen molar-refractivity contribution in [1.82, 2.24) is 15.1 Å². The second kappa shape index (κ2) is 10.5. The van der Waals surface area contributed by atoms with Crippen LogP contribution in [0.25, 0.3) is 0 Å². The smallest absolute Gasteiger partial charge is 0.272 e. The predicted molar refractivity (Wildman–Crippen MR) is 125 cm³/mol. The molecule has 0 saturated heterocycles. The van der Waals surface area contributed by atoms with E-state index in [-0.39, 0.29) is 18.7 Å². The van der Waals surface area contributed by atoms with Crippen LogP contribution in [-0.2, 0) is 6.73 Å². The topological polar surface area (TPSA) is 56.2 Å². The largest absolute Gasteiger partial charge is 0.470 e. The molecule has 5 nitrogen and oxygen atoms in total. The summed E-state index contributed by atoms with van der Waals surface area (Å²) in [5.41, 5.74) is 3.83. The van der Waals surface area contributed by atoms with Crippen molar-refractivity contribution in [3.8, 4) is 5.75 Å². The second-order valence-electron chi connectivity index (χ2n) is 7.86. The molecule has 0 fully saturated rings. The minimum Gasteiger partial charge on any atom is -0.470 e. The van der Waals surface area contributed by atoms with E-state index in [2.05, 4.69) is 55.5 Å². The van der Waals surface area contributed by atoms with Crippen molar-refractivity contribution in [3.05, 3.63) is 82.1 Å². The van der Waals surface area contributed by atoms with Crippen molar-refractivity contribution < 1.29 is 9.53 Å². The Kier molecular flexibility index (Phi) is 7.75. The molecule has 3 rings (SSSR count). The Morgan fingerprint density at radius 2 is 1.81 bits per heavy atom. The molecule has 0 radical (unpaired) electrons. The fraction of sp³-hybridized carbons (Fsp3) is 0.360. The summed E-state index contributed by atoms with van der Waals surface area (Å²) in [4.78, 5) is 12.7. The molecular weight excluding hydrogens is 410 g/mol. The van der Waals surface area contributed by atoms with Crippen LogP contribution in [0.1, 0.15) is 72.8 Å². The molecule has 0 saturated carbocycles. The first kappa shape index (κ1) is 22.9. The van der Waals surface area contributed by atoms with Gasteiger partial charge in [0.2, 0.25) is 0 Å². The number of carbonyl (C=O) groups is 1. The molecule has 0 spiro atoms. The van der Waals surface area contributed by atoms with Gasteiger partial charge in [-0.05, 0) is 60.6 Å². The number of ether oxygens (including phenoxy) is 1. The summed E-state index contributed by atoms with van der Waals surface area (Å²) in [6.45, 7) is 8.62. The Balaban J connectivity index is 1.62. The van der Waals surface area contributed by atoms with E-state index in [1.807, 2.05) is 19.1 Å². The Bertz CT molecular complexity index is 1010. The fourth-order valence-corrected chi connectivity index (χ4v) is 3.53. The first-order valence-corrected chi connectivity index (χ1v) is 11.1. The average Bonchev–Trinajstić information content (AvgIpc) is 3.26. The molecule has 6 heteroatoms. The molecule has 0 bridgehead atoms. The normalized spacial score (nSPS) is 12.9. The van der Waals surface area contributed by atoms with Crippen molar-refractivity contribution in [2.24, 2.45) is 0 Å². The van der Waals surface area contributed by atoms with E-state index in [0.717, 1.165) is 24.0 Å². The second-order valence-corrected chi connectivity index (χ2v) is 8.27. The number of nitrogens with zero attached hydrogens (tertiary/aromatic N) is 2. The predicted octanol–water partition coefficient (Wildman–Crippen LogP) is 6.28. The standard InChI is InChI=1S/C25H30ClN3O2/c1-5-18(4)19-8-10-20(11-9-19)22(6-2)27-25(30)23-13-14-29(28-23)16-31-24-15-17(3)7-12-21(24)26/h7-15,18,22H,5-6,16H2,1-4H3,(H,27,30). The van der Waals surface area contributed by atoms with Crippen LogP contribution < -0.4 is 10.1 Å². The molecule has 2 atom stereocenters. The lowest BCUT2D eigenvalue weighted by Crippen LogP contribution is -2.28. The van der Waals surface area contributed by atoms with Gasteiger partial charge in [0.25, 0.3) is 5.91 Å². The lowest BCUT2D eigenvalue weighted by Gasteiger charge is -2.18. The summed E-state index contributed by atoms with van der Waals surface area (Å²) in [6, 6.07) is 15.7.